The average molecular weight is 217 g/mol. The summed E-state index contributed by atoms with van der Waals surface area (Å²) in [5, 5.41) is 0.823. The molecule has 0 amide bonds. The Balaban J connectivity index is 2.46. The van der Waals surface area contributed by atoms with Gasteiger partial charge in [-0.25, -0.2) is 9.97 Å². The van der Waals surface area contributed by atoms with Gasteiger partial charge in [-0.2, -0.15) is 0 Å². The number of hydrogen-bond acceptors (Lipinski definition) is 4. The standard InChI is InChI=1S/C11H11N3S/c1-15-11-9(12)7-13-10(14-11)8-5-3-2-4-6-8/h2-7H,12H2,1H3. The molecule has 1 aromatic heterocycles. The van der Waals surface area contributed by atoms with Gasteiger partial charge < -0.3 is 5.73 Å². The summed E-state index contributed by atoms with van der Waals surface area (Å²) in [6.45, 7) is 0. The summed E-state index contributed by atoms with van der Waals surface area (Å²) in [6, 6.07) is 9.86. The maximum absolute atomic E-state index is 5.73. The highest BCUT2D eigenvalue weighted by atomic mass is 32.2. The molecular weight excluding hydrogens is 206 g/mol. The monoisotopic (exact) mass is 217 g/mol. The lowest BCUT2D eigenvalue weighted by Crippen LogP contribution is -1.96. The summed E-state index contributed by atoms with van der Waals surface area (Å²) in [6.07, 6.45) is 3.61. The minimum absolute atomic E-state index is 0.627. The third-order valence-corrected chi connectivity index (χ3v) is 2.72. The predicted octanol–water partition coefficient (Wildman–Crippen LogP) is 2.45. The summed E-state index contributed by atoms with van der Waals surface area (Å²) in [5.74, 6) is 0.717. The van der Waals surface area contributed by atoms with Gasteiger partial charge in [0.05, 0.1) is 11.9 Å². The number of nitrogen functional groups attached to an aromatic ring is 1. The third kappa shape index (κ3) is 2.10. The molecule has 2 N–H and O–H groups in total. The van der Waals surface area contributed by atoms with Crippen LogP contribution in [0.3, 0.4) is 0 Å². The summed E-state index contributed by atoms with van der Waals surface area (Å²) < 4.78 is 0. The van der Waals surface area contributed by atoms with E-state index in [1.807, 2.05) is 36.6 Å². The zero-order chi connectivity index (χ0) is 10.7. The highest BCUT2D eigenvalue weighted by molar-refractivity contribution is 7.98. The van der Waals surface area contributed by atoms with Crippen LogP contribution in [-0.2, 0) is 0 Å². The van der Waals surface area contributed by atoms with Crippen molar-refractivity contribution in [2.24, 2.45) is 0 Å². The van der Waals surface area contributed by atoms with E-state index in [1.165, 1.54) is 11.8 Å². The van der Waals surface area contributed by atoms with Crippen LogP contribution in [0.15, 0.2) is 41.6 Å². The molecular formula is C11H11N3S. The molecule has 2 rings (SSSR count). The first-order chi connectivity index (χ1) is 7.31. The topological polar surface area (TPSA) is 51.8 Å². The normalized spacial score (nSPS) is 10.2. The number of benzene rings is 1. The molecule has 0 saturated carbocycles. The van der Waals surface area contributed by atoms with Crippen molar-refractivity contribution in [3.8, 4) is 11.4 Å². The smallest absolute Gasteiger partial charge is 0.160 e. The van der Waals surface area contributed by atoms with Gasteiger partial charge in [0, 0.05) is 5.56 Å². The third-order valence-electron chi connectivity index (χ3n) is 2.01. The van der Waals surface area contributed by atoms with Crippen LogP contribution in [0.5, 0.6) is 0 Å². The molecule has 0 spiro atoms. The molecule has 4 heteroatoms. The molecule has 0 radical (unpaired) electrons. The second-order valence-corrected chi connectivity index (χ2v) is 3.82. The molecule has 15 heavy (non-hydrogen) atoms. The van der Waals surface area contributed by atoms with Crippen molar-refractivity contribution < 1.29 is 0 Å². The van der Waals surface area contributed by atoms with Crippen molar-refractivity contribution in [2.45, 2.75) is 5.03 Å². The van der Waals surface area contributed by atoms with Crippen LogP contribution in [0.2, 0.25) is 0 Å². The Labute approximate surface area is 92.8 Å². The van der Waals surface area contributed by atoms with Crippen molar-refractivity contribution in [2.75, 3.05) is 12.0 Å². The fraction of sp³-hybridized carbons (Fsp3) is 0.0909. The van der Waals surface area contributed by atoms with E-state index < -0.39 is 0 Å². The minimum atomic E-state index is 0.627. The second-order valence-electron chi connectivity index (χ2n) is 3.02. The van der Waals surface area contributed by atoms with Gasteiger partial charge in [0.2, 0.25) is 0 Å². The van der Waals surface area contributed by atoms with E-state index >= 15 is 0 Å². The van der Waals surface area contributed by atoms with E-state index in [1.54, 1.807) is 6.20 Å². The molecule has 0 aliphatic rings. The molecule has 3 nitrogen and oxygen atoms in total. The molecule has 0 atom stereocenters. The van der Waals surface area contributed by atoms with Crippen LogP contribution in [0, 0.1) is 0 Å². The number of rotatable bonds is 2. The number of nitrogens with zero attached hydrogens (tertiary/aromatic N) is 2. The van der Waals surface area contributed by atoms with Gasteiger partial charge in [-0.05, 0) is 6.26 Å². The number of hydrogen-bond donors (Lipinski definition) is 1. The van der Waals surface area contributed by atoms with Crippen molar-refractivity contribution in [1.29, 1.82) is 0 Å². The van der Waals surface area contributed by atoms with Gasteiger partial charge in [0.15, 0.2) is 5.82 Å². The van der Waals surface area contributed by atoms with Crippen molar-refractivity contribution in [1.82, 2.24) is 9.97 Å². The Bertz CT molecular complexity index is 457. The summed E-state index contributed by atoms with van der Waals surface area (Å²) in [5.41, 5.74) is 7.37. The minimum Gasteiger partial charge on any atom is -0.395 e. The molecule has 0 aliphatic heterocycles. The molecule has 1 heterocycles. The van der Waals surface area contributed by atoms with E-state index in [0.717, 1.165) is 10.6 Å². The van der Waals surface area contributed by atoms with E-state index in [9.17, 15) is 0 Å². The molecule has 2 aromatic rings. The number of nitrogens with two attached hydrogens (primary N) is 1. The number of anilines is 1. The number of aromatic nitrogens is 2. The molecule has 0 unspecified atom stereocenters. The maximum Gasteiger partial charge on any atom is 0.160 e. The van der Waals surface area contributed by atoms with Crippen LogP contribution in [0.4, 0.5) is 5.69 Å². The predicted molar refractivity (Wildman–Crippen MR) is 63.7 cm³/mol. The lowest BCUT2D eigenvalue weighted by atomic mass is 10.2. The van der Waals surface area contributed by atoms with E-state index in [0.29, 0.717) is 11.5 Å². The van der Waals surface area contributed by atoms with Gasteiger partial charge in [-0.3, -0.25) is 0 Å². The van der Waals surface area contributed by atoms with Crippen LogP contribution >= 0.6 is 11.8 Å². The van der Waals surface area contributed by atoms with Crippen molar-refractivity contribution >= 4 is 17.4 Å². The van der Waals surface area contributed by atoms with Gasteiger partial charge in [-0.15, -0.1) is 11.8 Å². The van der Waals surface area contributed by atoms with E-state index in [4.69, 9.17) is 5.73 Å². The Morgan fingerprint density at radius 2 is 1.93 bits per heavy atom. The average Bonchev–Trinajstić information content (AvgIpc) is 2.31. The molecule has 1 aromatic carbocycles. The fourth-order valence-electron chi connectivity index (χ4n) is 1.27. The Hall–Kier alpha value is -1.55. The Morgan fingerprint density at radius 3 is 2.60 bits per heavy atom. The van der Waals surface area contributed by atoms with E-state index in [2.05, 4.69) is 9.97 Å². The van der Waals surface area contributed by atoms with Crippen molar-refractivity contribution in [3.63, 3.8) is 0 Å². The molecule has 0 saturated heterocycles. The second kappa shape index (κ2) is 4.31. The fourth-order valence-corrected chi connectivity index (χ4v) is 1.73. The summed E-state index contributed by atoms with van der Waals surface area (Å²) in [7, 11) is 0. The molecule has 76 valence electrons. The maximum atomic E-state index is 5.73. The Morgan fingerprint density at radius 1 is 1.20 bits per heavy atom. The first-order valence-electron chi connectivity index (χ1n) is 4.53. The quantitative estimate of drug-likeness (QED) is 0.620. The zero-order valence-corrected chi connectivity index (χ0v) is 9.16. The first kappa shape index (κ1) is 9.98. The lowest BCUT2D eigenvalue weighted by Gasteiger charge is -2.04. The van der Waals surface area contributed by atoms with Crippen molar-refractivity contribution in [3.05, 3.63) is 36.5 Å². The van der Waals surface area contributed by atoms with Crippen LogP contribution in [0.1, 0.15) is 0 Å². The first-order valence-corrected chi connectivity index (χ1v) is 5.75. The van der Waals surface area contributed by atoms with Gasteiger partial charge in [0.25, 0.3) is 0 Å². The van der Waals surface area contributed by atoms with Gasteiger partial charge in [-0.1, -0.05) is 30.3 Å². The number of thioether (sulfide) groups is 1. The Kier molecular flexibility index (Phi) is 2.87. The molecule has 0 fully saturated rings. The van der Waals surface area contributed by atoms with Gasteiger partial charge >= 0.3 is 0 Å². The lowest BCUT2D eigenvalue weighted by molar-refractivity contribution is 1.07. The molecule has 0 aliphatic carbocycles. The van der Waals surface area contributed by atoms with Crippen LogP contribution in [0.25, 0.3) is 11.4 Å². The summed E-state index contributed by atoms with van der Waals surface area (Å²) >= 11 is 1.53. The summed E-state index contributed by atoms with van der Waals surface area (Å²) in [4.78, 5) is 8.60. The zero-order valence-electron chi connectivity index (χ0n) is 8.34. The highest BCUT2D eigenvalue weighted by Crippen LogP contribution is 2.22. The van der Waals surface area contributed by atoms with Crippen LogP contribution < -0.4 is 5.73 Å². The largest absolute Gasteiger partial charge is 0.395 e. The SMILES string of the molecule is CSc1nc(-c2ccccc2)ncc1N. The van der Waals surface area contributed by atoms with Crippen LogP contribution in [-0.4, -0.2) is 16.2 Å². The van der Waals surface area contributed by atoms with Gasteiger partial charge in [0.1, 0.15) is 5.03 Å². The van der Waals surface area contributed by atoms with E-state index in [-0.39, 0.29) is 0 Å². The highest BCUT2D eigenvalue weighted by Gasteiger charge is 2.04. The molecule has 0 bridgehead atoms.